The fraction of sp³-hybridized carbons (Fsp3) is 0.241. The quantitative estimate of drug-likeness (QED) is 0.252. The Morgan fingerprint density at radius 3 is 2.28 bits per heavy atom. The molecule has 202 valence electrons. The molecule has 0 aliphatic heterocycles. The molecule has 0 saturated carbocycles. The molecule has 2 N–H and O–H groups in total. The van der Waals surface area contributed by atoms with E-state index in [4.69, 9.17) is 27.9 Å². The molecule has 0 unspecified atom stereocenters. The van der Waals surface area contributed by atoms with Gasteiger partial charge < -0.3 is 0 Å². The number of Topliss-reactive ketones (excluding diaryl/α,β-unsaturated/α-hetero) is 1. The SMILES string of the molecule is CCOC(=O)[C@H](Cc1ccc(NC(=O)c2c(Cl)cncc2Cl)cc1)NC1=C([Se]c2ccccc2)C(=O)C1(C)C. The van der Waals surface area contributed by atoms with Crippen molar-refractivity contribution < 1.29 is 19.1 Å². The molecule has 10 heteroatoms. The third-order valence-corrected chi connectivity index (χ3v) is 9.10. The first-order valence-electron chi connectivity index (χ1n) is 12.3. The van der Waals surface area contributed by atoms with E-state index in [1.165, 1.54) is 12.4 Å². The monoisotopic (exact) mass is 631 g/mol. The van der Waals surface area contributed by atoms with Crippen LogP contribution in [0.25, 0.3) is 0 Å². The Bertz CT molecular complexity index is 1410. The molecule has 0 saturated heterocycles. The molecule has 3 aromatic rings. The first-order chi connectivity index (χ1) is 18.6. The van der Waals surface area contributed by atoms with Gasteiger partial charge in [-0.05, 0) is 0 Å². The van der Waals surface area contributed by atoms with Crippen LogP contribution in [-0.4, -0.2) is 50.2 Å². The normalized spacial score (nSPS) is 14.8. The van der Waals surface area contributed by atoms with Gasteiger partial charge in [0.05, 0.1) is 10.0 Å². The molecule has 1 aliphatic carbocycles. The predicted molar refractivity (Wildman–Crippen MR) is 154 cm³/mol. The molecule has 0 spiro atoms. The van der Waals surface area contributed by atoms with Gasteiger partial charge in [0.25, 0.3) is 0 Å². The molecule has 0 bridgehead atoms. The van der Waals surface area contributed by atoms with E-state index < -0.39 is 23.3 Å². The van der Waals surface area contributed by atoms with Crippen LogP contribution in [0.1, 0.15) is 36.7 Å². The van der Waals surface area contributed by atoms with Gasteiger partial charge >= 0.3 is 194 Å². The van der Waals surface area contributed by atoms with Gasteiger partial charge in [0.1, 0.15) is 0 Å². The van der Waals surface area contributed by atoms with Gasteiger partial charge in [0.15, 0.2) is 0 Å². The minimum atomic E-state index is -0.708. The molecule has 39 heavy (non-hydrogen) atoms. The van der Waals surface area contributed by atoms with Gasteiger partial charge in [-0.3, -0.25) is 4.98 Å². The number of amides is 1. The van der Waals surface area contributed by atoms with Crippen molar-refractivity contribution in [2.24, 2.45) is 5.41 Å². The number of hydrogen-bond acceptors (Lipinski definition) is 6. The van der Waals surface area contributed by atoms with E-state index in [1.54, 1.807) is 19.1 Å². The summed E-state index contributed by atoms with van der Waals surface area (Å²) < 4.78 is 7.17. The first kappa shape index (κ1) is 28.8. The number of allylic oxidation sites excluding steroid dienone is 2. The standard InChI is InChI=1S/C29H27Cl2N3O4Se/c1-4-38-28(37)22(34-25-24(26(35)29(25,2)3)39-19-8-6-5-7-9-19)14-17-10-12-18(13-11-17)33-27(36)23-20(30)15-32-16-21(23)31/h5-13,15-16,22,34H,4,14H2,1-3H3,(H,33,36)/t22-/m0/s1. The van der Waals surface area contributed by atoms with Gasteiger partial charge in [-0.15, -0.1) is 0 Å². The Balaban J connectivity index is 1.52. The second-order valence-corrected chi connectivity index (χ2v) is 12.4. The van der Waals surface area contributed by atoms with Crippen LogP contribution in [0.5, 0.6) is 0 Å². The summed E-state index contributed by atoms with van der Waals surface area (Å²) in [6.07, 6.45) is 3.04. The van der Waals surface area contributed by atoms with Crippen molar-refractivity contribution in [2.45, 2.75) is 33.2 Å². The van der Waals surface area contributed by atoms with Crippen molar-refractivity contribution in [3.8, 4) is 0 Å². The van der Waals surface area contributed by atoms with Crippen LogP contribution in [0.15, 0.2) is 77.2 Å². The zero-order valence-electron chi connectivity index (χ0n) is 21.6. The van der Waals surface area contributed by atoms with Crippen molar-refractivity contribution in [1.82, 2.24) is 10.3 Å². The molecule has 1 heterocycles. The number of carbonyl (C=O) groups is 3. The number of rotatable bonds is 10. The van der Waals surface area contributed by atoms with Crippen molar-refractivity contribution in [1.29, 1.82) is 0 Å². The molecule has 0 fully saturated rings. The molecule has 2 aromatic carbocycles. The summed E-state index contributed by atoms with van der Waals surface area (Å²) in [5, 5.41) is 6.43. The molecule has 1 amide bonds. The average molecular weight is 631 g/mol. The van der Waals surface area contributed by atoms with Crippen LogP contribution in [0.3, 0.4) is 0 Å². The van der Waals surface area contributed by atoms with Crippen LogP contribution in [0, 0.1) is 5.41 Å². The third kappa shape index (κ3) is 6.53. The van der Waals surface area contributed by atoms with Crippen molar-refractivity contribution in [2.75, 3.05) is 11.9 Å². The fourth-order valence-corrected chi connectivity index (χ4v) is 7.32. The molecule has 1 atom stereocenters. The van der Waals surface area contributed by atoms with E-state index in [-0.39, 0.29) is 43.0 Å². The van der Waals surface area contributed by atoms with E-state index in [0.717, 1.165) is 20.2 Å². The summed E-state index contributed by atoms with van der Waals surface area (Å²) in [6.45, 7) is 5.73. The summed E-state index contributed by atoms with van der Waals surface area (Å²) in [5.41, 5.74) is 1.60. The summed E-state index contributed by atoms with van der Waals surface area (Å²) in [7, 11) is 0. The topological polar surface area (TPSA) is 97.4 Å². The number of nitrogens with zero attached hydrogens (tertiary/aromatic N) is 1. The van der Waals surface area contributed by atoms with Crippen LogP contribution < -0.4 is 15.1 Å². The van der Waals surface area contributed by atoms with Crippen LogP contribution in [0.4, 0.5) is 5.69 Å². The molecular formula is C29H27Cl2N3O4Se. The Labute approximate surface area is 243 Å². The van der Waals surface area contributed by atoms with E-state index >= 15 is 0 Å². The van der Waals surface area contributed by atoms with Crippen LogP contribution in [-0.2, 0) is 20.7 Å². The number of ether oxygens (including phenoxy) is 1. The molecule has 7 nitrogen and oxygen atoms in total. The zero-order valence-corrected chi connectivity index (χ0v) is 24.8. The molecule has 0 radical (unpaired) electrons. The zero-order chi connectivity index (χ0) is 28.2. The predicted octanol–water partition coefficient (Wildman–Crippen LogP) is 4.55. The number of ketones is 1. The van der Waals surface area contributed by atoms with Crippen LogP contribution >= 0.6 is 23.2 Å². The number of pyridine rings is 1. The molecular weight excluding hydrogens is 604 g/mol. The Kier molecular flexibility index (Phi) is 9.13. The molecule has 4 rings (SSSR count). The van der Waals surface area contributed by atoms with E-state index in [1.807, 2.05) is 56.3 Å². The number of esters is 1. The van der Waals surface area contributed by atoms with Gasteiger partial charge in [0, 0.05) is 12.4 Å². The van der Waals surface area contributed by atoms with E-state index in [0.29, 0.717) is 12.1 Å². The van der Waals surface area contributed by atoms with Crippen LogP contribution in [0.2, 0.25) is 10.0 Å². The van der Waals surface area contributed by atoms with Gasteiger partial charge in [0.2, 0.25) is 0 Å². The van der Waals surface area contributed by atoms with E-state index in [2.05, 4.69) is 15.6 Å². The number of nitrogens with one attached hydrogen (secondary N) is 2. The fourth-order valence-electron chi connectivity index (χ4n) is 4.07. The second kappa shape index (κ2) is 12.3. The number of anilines is 1. The average Bonchev–Trinajstić information content (AvgIpc) is 2.91. The summed E-state index contributed by atoms with van der Waals surface area (Å²) >= 11 is 12.0. The van der Waals surface area contributed by atoms with Crippen molar-refractivity contribution >= 4 is 66.0 Å². The number of benzene rings is 2. The first-order valence-corrected chi connectivity index (χ1v) is 14.7. The summed E-state index contributed by atoms with van der Waals surface area (Å²) in [5.74, 6) is -0.764. The second-order valence-electron chi connectivity index (χ2n) is 9.36. The molecule has 1 aliphatic rings. The van der Waals surface area contributed by atoms with Gasteiger partial charge in [-0.25, -0.2) is 0 Å². The Hall–Kier alpha value is -3.16. The minimum absolute atomic E-state index is 0.0889. The number of carbonyl (C=O) groups excluding carboxylic acids is 3. The summed E-state index contributed by atoms with van der Waals surface area (Å²) in [4.78, 5) is 42.4. The van der Waals surface area contributed by atoms with Crippen molar-refractivity contribution in [3.05, 3.63) is 98.3 Å². The third-order valence-electron chi connectivity index (χ3n) is 6.21. The van der Waals surface area contributed by atoms with Crippen molar-refractivity contribution in [3.63, 3.8) is 0 Å². The van der Waals surface area contributed by atoms with Gasteiger partial charge in [-0.2, -0.15) is 0 Å². The van der Waals surface area contributed by atoms with E-state index in [9.17, 15) is 14.4 Å². The Morgan fingerprint density at radius 1 is 1.03 bits per heavy atom. The van der Waals surface area contributed by atoms with Gasteiger partial charge in [-0.1, -0.05) is 23.2 Å². The summed E-state index contributed by atoms with van der Waals surface area (Å²) in [6, 6.07) is 16.3. The number of hydrogen-bond donors (Lipinski definition) is 2. The molecule has 1 aromatic heterocycles. The Morgan fingerprint density at radius 2 is 1.67 bits per heavy atom. The number of halogens is 2. The maximum absolute atomic E-state index is 13.0. The maximum atomic E-state index is 13.0. The number of aromatic nitrogens is 1.